The lowest BCUT2D eigenvalue weighted by molar-refractivity contribution is -0.125. The topological polar surface area (TPSA) is 58.1 Å². The summed E-state index contributed by atoms with van der Waals surface area (Å²) in [4.78, 5) is 23.2. The van der Waals surface area contributed by atoms with E-state index in [-0.39, 0.29) is 17.6 Å². The Morgan fingerprint density at radius 3 is 2.75 bits per heavy atom. The van der Waals surface area contributed by atoms with Crippen molar-refractivity contribution in [2.24, 2.45) is 5.92 Å². The van der Waals surface area contributed by atoms with Gasteiger partial charge < -0.3 is 10.2 Å². The fraction of sp³-hybridized carbons (Fsp3) is 0.500. The van der Waals surface area contributed by atoms with Gasteiger partial charge in [-0.2, -0.15) is 0 Å². The largest absolute Gasteiger partial charge is 0.356 e. The van der Waals surface area contributed by atoms with E-state index >= 15 is 0 Å². The van der Waals surface area contributed by atoms with Gasteiger partial charge in [0.05, 0.1) is 5.69 Å². The van der Waals surface area contributed by atoms with Crippen LogP contribution in [0.5, 0.6) is 0 Å². The molecule has 150 valence electrons. The van der Waals surface area contributed by atoms with E-state index < -0.39 is 0 Å². The van der Waals surface area contributed by atoms with Gasteiger partial charge in [-0.15, -0.1) is 0 Å². The van der Waals surface area contributed by atoms with Crippen molar-refractivity contribution in [2.75, 3.05) is 24.5 Å². The van der Waals surface area contributed by atoms with E-state index in [2.05, 4.69) is 27.1 Å². The Bertz CT molecular complexity index is 775. The molecule has 1 aromatic carbocycles. The lowest BCUT2D eigenvalue weighted by Crippen LogP contribution is -2.41. The molecular weight excluding hydrogens is 355 g/mol. The van der Waals surface area contributed by atoms with E-state index in [1.54, 1.807) is 6.07 Å². The van der Waals surface area contributed by atoms with Crippen molar-refractivity contribution < 1.29 is 9.18 Å². The summed E-state index contributed by atoms with van der Waals surface area (Å²) in [6.07, 6.45) is 7.82. The summed E-state index contributed by atoms with van der Waals surface area (Å²) in [7, 11) is 0. The van der Waals surface area contributed by atoms with Gasteiger partial charge >= 0.3 is 0 Å². The maximum absolute atomic E-state index is 13.5. The van der Waals surface area contributed by atoms with Gasteiger partial charge in [0.2, 0.25) is 5.91 Å². The molecule has 5 nitrogen and oxygen atoms in total. The van der Waals surface area contributed by atoms with Crippen LogP contribution >= 0.6 is 0 Å². The summed E-state index contributed by atoms with van der Waals surface area (Å²) >= 11 is 0. The number of unbranched alkanes of at least 4 members (excludes halogenated alkanes) is 3. The van der Waals surface area contributed by atoms with E-state index in [0.29, 0.717) is 5.69 Å². The Labute approximate surface area is 166 Å². The molecule has 0 aliphatic carbocycles. The summed E-state index contributed by atoms with van der Waals surface area (Å²) in [5.74, 6) is 0.804. The number of aromatic nitrogens is 2. The zero-order valence-electron chi connectivity index (χ0n) is 16.5. The zero-order valence-corrected chi connectivity index (χ0v) is 16.5. The van der Waals surface area contributed by atoms with Crippen molar-refractivity contribution in [2.45, 2.75) is 45.4 Å². The van der Waals surface area contributed by atoms with Crippen LogP contribution in [-0.4, -0.2) is 35.5 Å². The molecule has 0 radical (unpaired) electrons. The fourth-order valence-corrected chi connectivity index (χ4v) is 3.60. The second-order valence-corrected chi connectivity index (χ2v) is 7.38. The average molecular weight is 384 g/mol. The number of nitrogens with one attached hydrogen (secondary N) is 1. The Morgan fingerprint density at radius 1 is 1.18 bits per heavy atom. The highest BCUT2D eigenvalue weighted by Crippen LogP contribution is 2.25. The average Bonchev–Trinajstić information content (AvgIpc) is 2.74. The van der Waals surface area contributed by atoms with Gasteiger partial charge in [-0.3, -0.25) is 4.79 Å². The standard InChI is InChI=1S/C22H29FN4O/c1-2-3-4-5-11-24-22(28)17-9-12-27(13-10-17)21-15-20(25-16-26-21)18-7-6-8-19(23)14-18/h6-8,14-17H,2-5,9-13H2,1H3,(H,24,28). The van der Waals surface area contributed by atoms with E-state index in [1.807, 2.05) is 12.1 Å². The first-order valence-corrected chi connectivity index (χ1v) is 10.3. The van der Waals surface area contributed by atoms with Crippen LogP contribution in [0.4, 0.5) is 10.2 Å². The number of carbonyl (C=O) groups is 1. The molecule has 1 N–H and O–H groups in total. The molecule has 0 spiro atoms. The minimum atomic E-state index is -0.279. The van der Waals surface area contributed by atoms with Crippen molar-refractivity contribution >= 4 is 11.7 Å². The Kier molecular flexibility index (Phi) is 7.34. The second kappa shape index (κ2) is 10.2. The predicted molar refractivity (Wildman–Crippen MR) is 110 cm³/mol. The van der Waals surface area contributed by atoms with Gasteiger partial charge in [0, 0.05) is 37.2 Å². The highest BCUT2D eigenvalue weighted by molar-refractivity contribution is 5.79. The maximum Gasteiger partial charge on any atom is 0.223 e. The van der Waals surface area contributed by atoms with Crippen molar-refractivity contribution in [1.29, 1.82) is 0 Å². The molecule has 1 fully saturated rings. The number of halogens is 1. The van der Waals surface area contributed by atoms with Crippen molar-refractivity contribution in [3.63, 3.8) is 0 Å². The minimum Gasteiger partial charge on any atom is -0.356 e. The van der Waals surface area contributed by atoms with Gasteiger partial charge in [0.25, 0.3) is 0 Å². The number of nitrogens with zero attached hydrogens (tertiary/aromatic N) is 3. The Morgan fingerprint density at radius 2 is 2.00 bits per heavy atom. The molecule has 1 aliphatic heterocycles. The molecule has 6 heteroatoms. The first kappa shape index (κ1) is 20.2. The molecule has 2 aromatic rings. The number of rotatable bonds is 8. The van der Waals surface area contributed by atoms with Crippen LogP contribution in [0.2, 0.25) is 0 Å². The van der Waals surface area contributed by atoms with Crippen molar-refractivity contribution in [3.8, 4) is 11.3 Å². The number of hydrogen-bond acceptors (Lipinski definition) is 4. The molecule has 0 bridgehead atoms. The summed E-state index contributed by atoms with van der Waals surface area (Å²) in [5.41, 5.74) is 1.44. The third kappa shape index (κ3) is 5.50. The zero-order chi connectivity index (χ0) is 19.8. The molecule has 28 heavy (non-hydrogen) atoms. The Hall–Kier alpha value is -2.50. The van der Waals surface area contributed by atoms with Gasteiger partial charge in [0.15, 0.2) is 0 Å². The fourth-order valence-electron chi connectivity index (χ4n) is 3.60. The summed E-state index contributed by atoms with van der Waals surface area (Å²) < 4.78 is 13.5. The van der Waals surface area contributed by atoms with Crippen molar-refractivity contribution in [1.82, 2.24) is 15.3 Å². The molecule has 2 heterocycles. The lowest BCUT2D eigenvalue weighted by atomic mass is 9.95. The number of amides is 1. The molecule has 1 amide bonds. The van der Waals surface area contributed by atoms with E-state index in [0.717, 1.165) is 50.3 Å². The third-order valence-corrected chi connectivity index (χ3v) is 5.29. The number of carbonyl (C=O) groups excluding carboxylic acids is 1. The van der Waals surface area contributed by atoms with Crippen LogP contribution in [0, 0.1) is 11.7 Å². The van der Waals surface area contributed by atoms with Crippen LogP contribution in [0.25, 0.3) is 11.3 Å². The van der Waals surface area contributed by atoms with Gasteiger partial charge in [0.1, 0.15) is 18.0 Å². The highest BCUT2D eigenvalue weighted by atomic mass is 19.1. The maximum atomic E-state index is 13.5. The monoisotopic (exact) mass is 384 g/mol. The van der Waals surface area contributed by atoms with Crippen LogP contribution in [0.1, 0.15) is 45.4 Å². The molecule has 1 aliphatic rings. The van der Waals surface area contributed by atoms with Gasteiger partial charge in [-0.05, 0) is 31.4 Å². The van der Waals surface area contributed by atoms with Gasteiger partial charge in [-0.1, -0.05) is 38.3 Å². The minimum absolute atomic E-state index is 0.0759. The number of piperidine rings is 1. The number of hydrogen-bond donors (Lipinski definition) is 1. The molecule has 1 saturated heterocycles. The lowest BCUT2D eigenvalue weighted by Gasteiger charge is -2.32. The molecule has 1 aromatic heterocycles. The number of benzene rings is 1. The third-order valence-electron chi connectivity index (χ3n) is 5.29. The second-order valence-electron chi connectivity index (χ2n) is 7.38. The Balaban J connectivity index is 1.52. The smallest absolute Gasteiger partial charge is 0.223 e. The van der Waals surface area contributed by atoms with Crippen molar-refractivity contribution in [3.05, 3.63) is 42.5 Å². The van der Waals surface area contributed by atoms with E-state index in [1.165, 1.54) is 37.7 Å². The van der Waals surface area contributed by atoms with Crippen LogP contribution < -0.4 is 10.2 Å². The molecular formula is C22H29FN4O. The molecule has 3 rings (SSSR count). The quantitative estimate of drug-likeness (QED) is 0.693. The first-order chi connectivity index (χ1) is 13.7. The molecule has 0 saturated carbocycles. The normalized spacial score (nSPS) is 14.9. The summed E-state index contributed by atoms with van der Waals surface area (Å²) in [6.45, 7) is 4.54. The van der Waals surface area contributed by atoms with Crippen LogP contribution in [0.3, 0.4) is 0 Å². The number of anilines is 1. The van der Waals surface area contributed by atoms with E-state index in [4.69, 9.17) is 0 Å². The molecule has 0 atom stereocenters. The SMILES string of the molecule is CCCCCCNC(=O)C1CCN(c2cc(-c3cccc(F)c3)ncn2)CC1. The predicted octanol–water partition coefficient (Wildman–Crippen LogP) is 4.20. The summed E-state index contributed by atoms with van der Waals surface area (Å²) in [6, 6.07) is 8.31. The molecule has 0 unspecified atom stereocenters. The highest BCUT2D eigenvalue weighted by Gasteiger charge is 2.25. The van der Waals surface area contributed by atoms with Crippen LogP contribution in [-0.2, 0) is 4.79 Å². The first-order valence-electron chi connectivity index (χ1n) is 10.3. The van der Waals surface area contributed by atoms with E-state index in [9.17, 15) is 9.18 Å². The summed E-state index contributed by atoms with van der Waals surface area (Å²) in [5, 5.41) is 3.08. The van der Waals surface area contributed by atoms with Gasteiger partial charge in [-0.25, -0.2) is 14.4 Å². The van der Waals surface area contributed by atoms with Crippen LogP contribution in [0.15, 0.2) is 36.7 Å².